The number of carbonyl (C=O) groups excluding carboxylic acids is 2. The molecule has 5 nitrogen and oxygen atoms in total. The highest BCUT2D eigenvalue weighted by Gasteiger charge is 2.38. The first-order chi connectivity index (χ1) is 11.1. The van der Waals surface area contributed by atoms with E-state index in [0.29, 0.717) is 32.7 Å². The predicted octanol–water partition coefficient (Wildman–Crippen LogP) is 1.92. The molecule has 1 aliphatic heterocycles. The molecule has 0 spiro atoms. The van der Waals surface area contributed by atoms with Crippen molar-refractivity contribution in [2.45, 2.75) is 32.9 Å². The van der Waals surface area contributed by atoms with Crippen molar-refractivity contribution in [3.05, 3.63) is 35.9 Å². The number of nitrogens with zero attached hydrogens (tertiary/aromatic N) is 2. The van der Waals surface area contributed by atoms with Gasteiger partial charge in [-0.2, -0.15) is 0 Å². The van der Waals surface area contributed by atoms with Gasteiger partial charge in [0.15, 0.2) is 0 Å². The van der Waals surface area contributed by atoms with Crippen LogP contribution in [-0.4, -0.2) is 54.5 Å². The van der Waals surface area contributed by atoms with Crippen LogP contribution in [0.25, 0.3) is 0 Å². The molecule has 0 aliphatic carbocycles. The van der Waals surface area contributed by atoms with Gasteiger partial charge in [-0.05, 0) is 19.4 Å². The van der Waals surface area contributed by atoms with E-state index in [4.69, 9.17) is 4.74 Å². The van der Waals surface area contributed by atoms with E-state index in [9.17, 15) is 9.59 Å². The molecule has 1 fully saturated rings. The molecule has 2 amide bonds. The number of benzene rings is 1. The lowest BCUT2D eigenvalue weighted by Gasteiger charge is -2.26. The Labute approximate surface area is 138 Å². The Morgan fingerprint density at radius 3 is 2.70 bits per heavy atom. The van der Waals surface area contributed by atoms with Gasteiger partial charge in [-0.3, -0.25) is 9.59 Å². The molecule has 5 heteroatoms. The molecule has 0 saturated carbocycles. The molecule has 0 unspecified atom stereocenters. The number of likely N-dealkylation sites (tertiary alicyclic amines) is 1. The first kappa shape index (κ1) is 17.5. The summed E-state index contributed by atoms with van der Waals surface area (Å²) in [6, 6.07) is 9.95. The second-order valence-corrected chi connectivity index (χ2v) is 6.09. The van der Waals surface area contributed by atoms with Crippen LogP contribution in [-0.2, 0) is 20.9 Å². The van der Waals surface area contributed by atoms with Gasteiger partial charge in [0, 0.05) is 33.2 Å². The van der Waals surface area contributed by atoms with Crippen LogP contribution in [0.1, 0.15) is 25.8 Å². The minimum absolute atomic E-state index is 0.00880. The van der Waals surface area contributed by atoms with E-state index >= 15 is 0 Å². The van der Waals surface area contributed by atoms with Gasteiger partial charge in [0.1, 0.15) is 0 Å². The van der Waals surface area contributed by atoms with Crippen LogP contribution in [0.2, 0.25) is 0 Å². The first-order valence-corrected chi connectivity index (χ1v) is 8.17. The second kappa shape index (κ2) is 8.11. The first-order valence-electron chi connectivity index (χ1n) is 8.17. The third-order valence-corrected chi connectivity index (χ3v) is 4.36. The average molecular weight is 318 g/mol. The molecule has 126 valence electrons. The topological polar surface area (TPSA) is 49.9 Å². The highest BCUT2D eigenvalue weighted by atomic mass is 16.5. The van der Waals surface area contributed by atoms with Crippen molar-refractivity contribution in [1.82, 2.24) is 9.80 Å². The summed E-state index contributed by atoms with van der Waals surface area (Å²) in [4.78, 5) is 28.5. The summed E-state index contributed by atoms with van der Waals surface area (Å²) in [6.45, 7) is 6.15. The largest absolute Gasteiger partial charge is 0.383 e. The molecular formula is C18H26N2O3. The van der Waals surface area contributed by atoms with Gasteiger partial charge < -0.3 is 14.5 Å². The number of carbonyl (C=O) groups is 2. The molecular weight excluding hydrogens is 292 g/mol. The normalized spacial score (nSPS) is 19.0. The van der Waals surface area contributed by atoms with Crippen molar-refractivity contribution < 1.29 is 14.3 Å². The van der Waals surface area contributed by atoms with Crippen LogP contribution >= 0.6 is 0 Å². The Morgan fingerprint density at radius 2 is 2.09 bits per heavy atom. The smallest absolute Gasteiger partial charge is 0.228 e. The lowest BCUT2D eigenvalue weighted by atomic mass is 10.1. The molecule has 0 bridgehead atoms. The van der Waals surface area contributed by atoms with E-state index < -0.39 is 0 Å². The minimum Gasteiger partial charge on any atom is -0.383 e. The molecule has 1 aliphatic rings. The Morgan fingerprint density at radius 1 is 1.39 bits per heavy atom. The maximum Gasteiger partial charge on any atom is 0.228 e. The molecule has 1 saturated heterocycles. The fourth-order valence-electron chi connectivity index (χ4n) is 3.06. The number of hydrogen-bond acceptors (Lipinski definition) is 3. The Balaban J connectivity index is 2.00. The van der Waals surface area contributed by atoms with Gasteiger partial charge in [0.05, 0.1) is 18.6 Å². The van der Waals surface area contributed by atoms with E-state index in [2.05, 4.69) is 0 Å². The minimum atomic E-state index is -0.245. The molecule has 1 heterocycles. The van der Waals surface area contributed by atoms with Crippen LogP contribution in [0, 0.1) is 5.92 Å². The monoisotopic (exact) mass is 318 g/mol. The lowest BCUT2D eigenvalue weighted by Crippen LogP contribution is -2.40. The van der Waals surface area contributed by atoms with Gasteiger partial charge in [-0.25, -0.2) is 0 Å². The van der Waals surface area contributed by atoms with E-state index in [1.165, 1.54) is 0 Å². The number of hydrogen-bond donors (Lipinski definition) is 0. The number of ether oxygens (including phenoxy) is 1. The Bertz CT molecular complexity index is 532. The predicted molar refractivity (Wildman–Crippen MR) is 88.7 cm³/mol. The van der Waals surface area contributed by atoms with Crippen molar-refractivity contribution in [2.75, 3.05) is 26.8 Å². The highest BCUT2D eigenvalue weighted by Crippen LogP contribution is 2.23. The number of methoxy groups -OCH3 is 1. The summed E-state index contributed by atoms with van der Waals surface area (Å²) in [5, 5.41) is 0. The van der Waals surface area contributed by atoms with Crippen LogP contribution in [0.15, 0.2) is 30.3 Å². The maximum absolute atomic E-state index is 12.8. The standard InChI is InChI=1S/C18H26N2O3/c1-4-19(11-15-8-6-5-7-9-15)18(22)16-10-17(21)20(12-16)14(2)13-23-3/h5-9,14,16H,4,10-13H2,1-3H3/t14-,16-/m0/s1. The summed E-state index contributed by atoms with van der Waals surface area (Å²) in [5.74, 6) is -0.133. The molecule has 2 rings (SSSR count). The summed E-state index contributed by atoms with van der Waals surface area (Å²) in [6.07, 6.45) is 0.304. The third-order valence-electron chi connectivity index (χ3n) is 4.36. The SMILES string of the molecule is CCN(Cc1ccccc1)C(=O)[C@H]1CC(=O)N([C@@H](C)COC)C1. The van der Waals surface area contributed by atoms with E-state index in [1.54, 1.807) is 12.0 Å². The van der Waals surface area contributed by atoms with Gasteiger partial charge in [0.2, 0.25) is 11.8 Å². The van der Waals surface area contributed by atoms with E-state index in [1.807, 2.05) is 49.1 Å². The van der Waals surface area contributed by atoms with Crippen molar-refractivity contribution in [3.63, 3.8) is 0 Å². The van der Waals surface area contributed by atoms with E-state index in [0.717, 1.165) is 5.56 Å². The van der Waals surface area contributed by atoms with Gasteiger partial charge in [0.25, 0.3) is 0 Å². The highest BCUT2D eigenvalue weighted by molar-refractivity contribution is 5.89. The van der Waals surface area contributed by atoms with Crippen molar-refractivity contribution in [3.8, 4) is 0 Å². The summed E-state index contributed by atoms with van der Waals surface area (Å²) in [5.41, 5.74) is 1.11. The third kappa shape index (κ3) is 4.32. The zero-order valence-electron chi connectivity index (χ0n) is 14.2. The van der Waals surface area contributed by atoms with Crippen LogP contribution in [0.3, 0.4) is 0 Å². The van der Waals surface area contributed by atoms with Gasteiger partial charge in [-0.1, -0.05) is 30.3 Å². The van der Waals surface area contributed by atoms with Gasteiger partial charge >= 0.3 is 0 Å². The fourth-order valence-corrected chi connectivity index (χ4v) is 3.06. The van der Waals surface area contributed by atoms with Crippen molar-refractivity contribution in [1.29, 1.82) is 0 Å². The number of rotatable bonds is 7. The van der Waals surface area contributed by atoms with Crippen molar-refractivity contribution >= 4 is 11.8 Å². The van der Waals surface area contributed by atoms with Crippen LogP contribution < -0.4 is 0 Å². The lowest BCUT2D eigenvalue weighted by molar-refractivity contribution is -0.136. The van der Waals surface area contributed by atoms with Crippen LogP contribution in [0.4, 0.5) is 0 Å². The molecule has 1 aromatic carbocycles. The molecule has 0 radical (unpaired) electrons. The average Bonchev–Trinajstić information content (AvgIpc) is 2.95. The molecule has 1 aromatic rings. The molecule has 23 heavy (non-hydrogen) atoms. The molecule has 2 atom stereocenters. The van der Waals surface area contributed by atoms with Crippen LogP contribution in [0.5, 0.6) is 0 Å². The zero-order valence-corrected chi connectivity index (χ0v) is 14.2. The van der Waals surface area contributed by atoms with Gasteiger partial charge in [-0.15, -0.1) is 0 Å². The fraction of sp³-hybridized carbons (Fsp3) is 0.556. The zero-order chi connectivity index (χ0) is 16.8. The van der Waals surface area contributed by atoms with E-state index in [-0.39, 0.29) is 23.8 Å². The Kier molecular flexibility index (Phi) is 6.16. The molecule has 0 aromatic heterocycles. The second-order valence-electron chi connectivity index (χ2n) is 6.09. The quantitative estimate of drug-likeness (QED) is 0.772. The summed E-state index contributed by atoms with van der Waals surface area (Å²) < 4.78 is 5.12. The summed E-state index contributed by atoms with van der Waals surface area (Å²) in [7, 11) is 1.62. The number of amides is 2. The van der Waals surface area contributed by atoms with Crippen molar-refractivity contribution in [2.24, 2.45) is 5.92 Å². The Hall–Kier alpha value is -1.88. The molecule has 0 N–H and O–H groups in total. The summed E-state index contributed by atoms with van der Waals surface area (Å²) >= 11 is 0. The maximum atomic E-state index is 12.8.